The van der Waals surface area contributed by atoms with Crippen LogP contribution in [0.2, 0.25) is 0 Å². The molecule has 4 nitrogen and oxygen atoms in total. The molecular formula is C21H19N3OS. The number of ketones is 1. The minimum atomic E-state index is 0.176. The molecule has 0 bridgehead atoms. The summed E-state index contributed by atoms with van der Waals surface area (Å²) in [4.78, 5) is 25.8. The van der Waals surface area contributed by atoms with Gasteiger partial charge in [-0.15, -0.1) is 11.3 Å². The molecular weight excluding hydrogens is 342 g/mol. The van der Waals surface area contributed by atoms with Crippen LogP contribution in [0.1, 0.15) is 44.5 Å². The lowest BCUT2D eigenvalue weighted by atomic mass is 9.84. The number of para-hydroxylation sites is 1. The molecule has 0 spiro atoms. The second-order valence-electron chi connectivity index (χ2n) is 7.00. The van der Waals surface area contributed by atoms with Crippen LogP contribution in [0, 0.1) is 6.92 Å². The van der Waals surface area contributed by atoms with E-state index in [2.05, 4.69) is 46.7 Å². The summed E-state index contributed by atoms with van der Waals surface area (Å²) < 4.78 is 0. The van der Waals surface area contributed by atoms with E-state index in [4.69, 9.17) is 9.97 Å². The van der Waals surface area contributed by atoms with E-state index >= 15 is 0 Å². The molecule has 2 aliphatic rings. The van der Waals surface area contributed by atoms with Gasteiger partial charge in [0.25, 0.3) is 0 Å². The zero-order valence-electron chi connectivity index (χ0n) is 14.6. The van der Waals surface area contributed by atoms with E-state index in [1.807, 2.05) is 6.92 Å². The SMILES string of the molecule is Cc1nc(N2CCc3ccccc32)nc2c1C(=O)C[C@@H](c1cccs1)C2. The molecule has 1 aliphatic carbocycles. The number of benzene rings is 1. The smallest absolute Gasteiger partial charge is 0.230 e. The predicted octanol–water partition coefficient (Wildman–Crippen LogP) is 4.45. The number of aromatic nitrogens is 2. The van der Waals surface area contributed by atoms with Crippen molar-refractivity contribution >= 4 is 28.8 Å². The fourth-order valence-corrected chi connectivity index (χ4v) is 4.98. The summed E-state index contributed by atoms with van der Waals surface area (Å²) in [6.07, 6.45) is 2.38. The van der Waals surface area contributed by atoms with Crippen LogP contribution in [0.25, 0.3) is 0 Å². The lowest BCUT2D eigenvalue weighted by Gasteiger charge is -2.25. The Hall–Kier alpha value is -2.53. The van der Waals surface area contributed by atoms with Crippen LogP contribution in [0.3, 0.4) is 0 Å². The number of rotatable bonds is 2. The largest absolute Gasteiger partial charge is 0.310 e. The number of anilines is 2. The molecule has 0 amide bonds. The first-order valence-corrected chi connectivity index (χ1v) is 9.88. The predicted molar refractivity (Wildman–Crippen MR) is 104 cm³/mol. The van der Waals surface area contributed by atoms with Crippen LogP contribution in [0.5, 0.6) is 0 Å². The van der Waals surface area contributed by atoms with E-state index in [0.29, 0.717) is 6.42 Å². The van der Waals surface area contributed by atoms with Crippen molar-refractivity contribution in [2.45, 2.75) is 32.1 Å². The highest BCUT2D eigenvalue weighted by Crippen LogP contribution is 2.37. The zero-order chi connectivity index (χ0) is 17.7. The maximum absolute atomic E-state index is 12.8. The fraction of sp³-hybridized carbons (Fsp3) is 0.286. The van der Waals surface area contributed by atoms with Crippen LogP contribution < -0.4 is 4.90 Å². The van der Waals surface area contributed by atoms with Crippen LogP contribution in [0.15, 0.2) is 41.8 Å². The third kappa shape index (κ3) is 2.46. The van der Waals surface area contributed by atoms with Crippen LogP contribution in [-0.2, 0) is 12.8 Å². The molecule has 5 rings (SSSR count). The number of nitrogens with zero attached hydrogens (tertiary/aromatic N) is 3. The molecule has 1 atom stereocenters. The average molecular weight is 361 g/mol. The van der Waals surface area contributed by atoms with Gasteiger partial charge in [-0.05, 0) is 42.8 Å². The Morgan fingerprint density at radius 2 is 2.00 bits per heavy atom. The molecule has 0 unspecified atom stereocenters. The van der Waals surface area contributed by atoms with Gasteiger partial charge in [-0.25, -0.2) is 9.97 Å². The summed E-state index contributed by atoms with van der Waals surface area (Å²) in [5.74, 6) is 1.14. The summed E-state index contributed by atoms with van der Waals surface area (Å²) in [6, 6.07) is 12.6. The second kappa shape index (κ2) is 6.02. The fourth-order valence-electron chi connectivity index (χ4n) is 4.15. The van der Waals surface area contributed by atoms with Crippen molar-refractivity contribution in [1.29, 1.82) is 0 Å². The molecule has 0 saturated carbocycles. The topological polar surface area (TPSA) is 46.1 Å². The van der Waals surface area contributed by atoms with E-state index in [1.165, 1.54) is 16.1 Å². The van der Waals surface area contributed by atoms with Gasteiger partial charge in [-0.2, -0.15) is 0 Å². The third-order valence-electron chi connectivity index (χ3n) is 5.38. The lowest BCUT2D eigenvalue weighted by molar-refractivity contribution is 0.0962. The monoisotopic (exact) mass is 361 g/mol. The number of carbonyl (C=O) groups is 1. The molecule has 2 aromatic heterocycles. The average Bonchev–Trinajstić information content (AvgIpc) is 3.31. The van der Waals surface area contributed by atoms with E-state index < -0.39 is 0 Å². The highest BCUT2D eigenvalue weighted by Gasteiger charge is 2.32. The van der Waals surface area contributed by atoms with Gasteiger partial charge in [0.05, 0.1) is 17.0 Å². The molecule has 0 saturated heterocycles. The van der Waals surface area contributed by atoms with E-state index in [9.17, 15) is 4.79 Å². The van der Waals surface area contributed by atoms with Gasteiger partial charge in [0.1, 0.15) is 0 Å². The van der Waals surface area contributed by atoms with Gasteiger partial charge in [0.15, 0.2) is 5.78 Å². The van der Waals surface area contributed by atoms with Crippen molar-refractivity contribution in [1.82, 2.24) is 9.97 Å². The molecule has 0 fully saturated rings. The molecule has 26 heavy (non-hydrogen) atoms. The highest BCUT2D eigenvalue weighted by atomic mass is 32.1. The minimum Gasteiger partial charge on any atom is -0.310 e. The number of hydrogen-bond donors (Lipinski definition) is 0. The molecule has 3 aromatic rings. The van der Waals surface area contributed by atoms with Crippen molar-refractivity contribution in [3.8, 4) is 0 Å². The van der Waals surface area contributed by atoms with Gasteiger partial charge in [0, 0.05) is 29.4 Å². The zero-order valence-corrected chi connectivity index (χ0v) is 15.4. The first-order valence-electron chi connectivity index (χ1n) is 9.00. The first kappa shape index (κ1) is 15.7. The summed E-state index contributed by atoms with van der Waals surface area (Å²) in [5.41, 5.74) is 4.98. The lowest BCUT2D eigenvalue weighted by Crippen LogP contribution is -2.25. The molecule has 1 aliphatic heterocycles. The van der Waals surface area contributed by atoms with Crippen molar-refractivity contribution in [3.05, 3.63) is 69.2 Å². The molecule has 130 valence electrons. The Bertz CT molecular complexity index is 996. The summed E-state index contributed by atoms with van der Waals surface area (Å²) in [5, 5.41) is 2.08. The van der Waals surface area contributed by atoms with E-state index in [0.717, 1.165) is 42.3 Å². The van der Waals surface area contributed by atoms with Crippen LogP contribution in [0.4, 0.5) is 11.6 Å². The molecule has 3 heterocycles. The van der Waals surface area contributed by atoms with Gasteiger partial charge >= 0.3 is 0 Å². The van der Waals surface area contributed by atoms with Crippen LogP contribution >= 0.6 is 11.3 Å². The normalized spacial score (nSPS) is 18.7. The van der Waals surface area contributed by atoms with Crippen molar-refractivity contribution in [2.75, 3.05) is 11.4 Å². The summed E-state index contributed by atoms with van der Waals surface area (Å²) >= 11 is 1.72. The standard InChI is InChI=1S/C21H19N3OS/c1-13-20-16(11-15(12-18(20)25)19-7-4-10-26-19)23-21(22-13)24-9-8-14-5-2-3-6-17(14)24/h2-7,10,15H,8-9,11-12H2,1H3/t15-/m0/s1. The number of carbonyl (C=O) groups excluding carboxylic acids is 1. The molecule has 1 aromatic carbocycles. The Balaban J connectivity index is 1.56. The van der Waals surface area contributed by atoms with Gasteiger partial charge in [0.2, 0.25) is 5.95 Å². The Kier molecular flexibility index (Phi) is 3.64. The number of Topliss-reactive ketones (excluding diaryl/α,β-unsaturated/α-hetero) is 1. The Labute approximate surface area is 156 Å². The molecule has 5 heteroatoms. The molecule has 0 N–H and O–H groups in total. The van der Waals surface area contributed by atoms with E-state index in [1.54, 1.807) is 11.3 Å². The van der Waals surface area contributed by atoms with Crippen molar-refractivity contribution in [3.63, 3.8) is 0 Å². The minimum absolute atomic E-state index is 0.176. The van der Waals surface area contributed by atoms with E-state index in [-0.39, 0.29) is 11.7 Å². The number of aryl methyl sites for hydroxylation is 1. The highest BCUT2D eigenvalue weighted by molar-refractivity contribution is 7.10. The number of hydrogen-bond acceptors (Lipinski definition) is 5. The Morgan fingerprint density at radius 3 is 2.85 bits per heavy atom. The first-order chi connectivity index (χ1) is 12.7. The summed E-state index contributed by atoms with van der Waals surface area (Å²) in [7, 11) is 0. The molecule has 0 radical (unpaired) electrons. The van der Waals surface area contributed by atoms with Gasteiger partial charge in [-0.1, -0.05) is 24.3 Å². The number of fused-ring (bicyclic) bond motifs is 2. The number of thiophene rings is 1. The van der Waals surface area contributed by atoms with Crippen molar-refractivity contribution < 1.29 is 4.79 Å². The third-order valence-corrected chi connectivity index (χ3v) is 6.41. The maximum atomic E-state index is 12.8. The maximum Gasteiger partial charge on any atom is 0.230 e. The Morgan fingerprint density at radius 1 is 1.12 bits per heavy atom. The van der Waals surface area contributed by atoms with Gasteiger partial charge in [-0.3, -0.25) is 4.79 Å². The quantitative estimate of drug-likeness (QED) is 0.676. The van der Waals surface area contributed by atoms with Crippen molar-refractivity contribution in [2.24, 2.45) is 0 Å². The second-order valence-corrected chi connectivity index (χ2v) is 7.98. The summed E-state index contributed by atoms with van der Waals surface area (Å²) in [6.45, 7) is 2.83. The van der Waals surface area contributed by atoms with Crippen LogP contribution in [-0.4, -0.2) is 22.3 Å². The van der Waals surface area contributed by atoms with Gasteiger partial charge < -0.3 is 4.90 Å².